The van der Waals surface area contributed by atoms with Gasteiger partial charge < -0.3 is 5.73 Å². The van der Waals surface area contributed by atoms with Crippen molar-refractivity contribution in [1.29, 1.82) is 0 Å². The van der Waals surface area contributed by atoms with Crippen molar-refractivity contribution in [3.05, 3.63) is 30.1 Å². The molecule has 1 aliphatic carbocycles. The molecule has 112 valence electrons. The largest absolute Gasteiger partial charge is 0.328 e. The van der Waals surface area contributed by atoms with Crippen molar-refractivity contribution in [2.24, 2.45) is 5.73 Å². The number of benzene rings is 1. The molecule has 0 unspecified atom stereocenters. The Hall–Kier alpha value is -0.580. The Bertz CT molecular complexity index is 405. The van der Waals surface area contributed by atoms with Crippen molar-refractivity contribution in [1.82, 2.24) is 4.90 Å². The summed E-state index contributed by atoms with van der Waals surface area (Å²) >= 11 is 1.61. The van der Waals surface area contributed by atoms with E-state index in [1.54, 1.807) is 17.8 Å². The van der Waals surface area contributed by atoms with Gasteiger partial charge >= 0.3 is 0 Å². The maximum absolute atomic E-state index is 13.5. The topological polar surface area (TPSA) is 29.3 Å². The average molecular weight is 296 g/mol. The molecule has 1 saturated carbocycles. The van der Waals surface area contributed by atoms with Gasteiger partial charge in [0.25, 0.3) is 0 Å². The summed E-state index contributed by atoms with van der Waals surface area (Å²) in [5.74, 6) is 0.835. The van der Waals surface area contributed by atoms with Crippen molar-refractivity contribution in [3.8, 4) is 0 Å². The Morgan fingerprint density at radius 3 is 2.60 bits per heavy atom. The van der Waals surface area contributed by atoms with Gasteiger partial charge in [0.2, 0.25) is 0 Å². The van der Waals surface area contributed by atoms with Gasteiger partial charge in [-0.1, -0.05) is 19.1 Å². The molecule has 0 saturated heterocycles. The molecule has 1 aliphatic rings. The molecular formula is C16H25FN2S. The molecule has 0 atom stereocenters. The lowest BCUT2D eigenvalue weighted by Gasteiger charge is -2.35. The molecule has 1 aromatic carbocycles. The van der Waals surface area contributed by atoms with E-state index in [0.717, 1.165) is 36.6 Å². The quantitative estimate of drug-likeness (QED) is 0.815. The molecule has 1 aromatic rings. The van der Waals surface area contributed by atoms with Crippen LogP contribution in [-0.4, -0.2) is 35.8 Å². The minimum Gasteiger partial charge on any atom is -0.328 e. The minimum atomic E-state index is -0.107. The van der Waals surface area contributed by atoms with Crippen LogP contribution in [0.25, 0.3) is 0 Å². The number of nitrogens with two attached hydrogens (primary N) is 1. The molecule has 0 spiro atoms. The number of nitrogens with zero attached hydrogens (tertiary/aromatic N) is 1. The van der Waals surface area contributed by atoms with Crippen LogP contribution in [0, 0.1) is 5.82 Å². The molecule has 4 heteroatoms. The van der Waals surface area contributed by atoms with Crippen LogP contribution < -0.4 is 5.73 Å². The van der Waals surface area contributed by atoms with E-state index in [2.05, 4.69) is 11.8 Å². The van der Waals surface area contributed by atoms with Gasteiger partial charge in [-0.15, -0.1) is 11.8 Å². The monoisotopic (exact) mass is 296 g/mol. The molecule has 0 heterocycles. The zero-order valence-electron chi connectivity index (χ0n) is 12.2. The fourth-order valence-corrected chi connectivity index (χ4v) is 3.83. The van der Waals surface area contributed by atoms with E-state index in [4.69, 9.17) is 5.73 Å². The van der Waals surface area contributed by atoms with Gasteiger partial charge in [-0.2, -0.15) is 0 Å². The van der Waals surface area contributed by atoms with Gasteiger partial charge in [0.1, 0.15) is 5.82 Å². The molecule has 0 amide bonds. The molecule has 20 heavy (non-hydrogen) atoms. The van der Waals surface area contributed by atoms with Gasteiger partial charge in [0.05, 0.1) is 0 Å². The minimum absolute atomic E-state index is 0.107. The molecule has 1 fully saturated rings. The van der Waals surface area contributed by atoms with E-state index in [9.17, 15) is 4.39 Å². The van der Waals surface area contributed by atoms with Crippen LogP contribution in [0.15, 0.2) is 29.2 Å². The fraction of sp³-hybridized carbons (Fsp3) is 0.625. The molecule has 0 bridgehead atoms. The highest BCUT2D eigenvalue weighted by Crippen LogP contribution is 2.24. The Morgan fingerprint density at radius 2 is 1.95 bits per heavy atom. The first-order chi connectivity index (χ1) is 9.70. The maximum Gasteiger partial charge on any atom is 0.136 e. The second kappa shape index (κ2) is 8.01. The zero-order valence-corrected chi connectivity index (χ0v) is 13.0. The van der Waals surface area contributed by atoms with Crippen LogP contribution in [0.4, 0.5) is 4.39 Å². The number of hydrogen-bond donors (Lipinski definition) is 1. The van der Waals surface area contributed by atoms with Gasteiger partial charge in [-0.3, -0.25) is 4.90 Å². The molecule has 0 aromatic heterocycles. The summed E-state index contributed by atoms with van der Waals surface area (Å²) in [6, 6.07) is 8.09. The molecule has 2 N–H and O–H groups in total. The summed E-state index contributed by atoms with van der Waals surface area (Å²) in [4.78, 5) is 3.29. The van der Waals surface area contributed by atoms with E-state index in [-0.39, 0.29) is 5.82 Å². The Kier molecular flexibility index (Phi) is 6.33. The highest BCUT2D eigenvalue weighted by Gasteiger charge is 2.22. The SMILES string of the molecule is CCN(CCSc1ccccc1F)C1CCC(N)CC1. The summed E-state index contributed by atoms with van der Waals surface area (Å²) in [7, 11) is 0. The Balaban J connectivity index is 1.78. The van der Waals surface area contributed by atoms with Crippen LogP contribution in [0.3, 0.4) is 0 Å². The maximum atomic E-state index is 13.5. The van der Waals surface area contributed by atoms with E-state index < -0.39 is 0 Å². The third-order valence-electron chi connectivity index (χ3n) is 4.14. The lowest BCUT2D eigenvalue weighted by Crippen LogP contribution is -2.41. The van der Waals surface area contributed by atoms with Crippen molar-refractivity contribution in [2.45, 2.75) is 49.6 Å². The third-order valence-corrected chi connectivity index (χ3v) is 5.17. The molecule has 2 nitrogen and oxygen atoms in total. The molecule has 0 aliphatic heterocycles. The first-order valence-electron chi connectivity index (χ1n) is 7.57. The zero-order chi connectivity index (χ0) is 14.4. The van der Waals surface area contributed by atoms with E-state index in [1.165, 1.54) is 18.9 Å². The molecule has 2 rings (SSSR count). The number of hydrogen-bond acceptors (Lipinski definition) is 3. The van der Waals surface area contributed by atoms with Gasteiger partial charge in [0.15, 0.2) is 0 Å². The summed E-state index contributed by atoms with van der Waals surface area (Å²) in [5.41, 5.74) is 5.97. The van der Waals surface area contributed by atoms with Crippen LogP contribution >= 0.6 is 11.8 Å². The highest BCUT2D eigenvalue weighted by atomic mass is 32.2. The third kappa shape index (κ3) is 4.47. The lowest BCUT2D eigenvalue weighted by molar-refractivity contribution is 0.166. The van der Waals surface area contributed by atoms with Crippen molar-refractivity contribution in [2.75, 3.05) is 18.8 Å². The predicted octanol–water partition coefficient (Wildman–Crippen LogP) is 3.51. The Morgan fingerprint density at radius 1 is 1.25 bits per heavy atom. The van der Waals surface area contributed by atoms with E-state index in [0.29, 0.717) is 12.1 Å². The summed E-state index contributed by atoms with van der Waals surface area (Å²) in [6.45, 7) is 4.30. The second-order valence-corrected chi connectivity index (χ2v) is 6.61. The first kappa shape index (κ1) is 15.8. The van der Waals surface area contributed by atoms with Crippen LogP contribution in [-0.2, 0) is 0 Å². The number of thioether (sulfide) groups is 1. The van der Waals surface area contributed by atoms with Crippen molar-refractivity contribution in [3.63, 3.8) is 0 Å². The fourth-order valence-electron chi connectivity index (χ4n) is 2.90. The van der Waals surface area contributed by atoms with Crippen LogP contribution in [0.1, 0.15) is 32.6 Å². The second-order valence-electron chi connectivity index (χ2n) is 5.48. The average Bonchev–Trinajstić information content (AvgIpc) is 2.47. The summed E-state index contributed by atoms with van der Waals surface area (Å²) in [5, 5.41) is 0. The smallest absolute Gasteiger partial charge is 0.136 e. The number of rotatable bonds is 6. The van der Waals surface area contributed by atoms with Crippen LogP contribution in [0.2, 0.25) is 0 Å². The van der Waals surface area contributed by atoms with E-state index in [1.807, 2.05) is 12.1 Å². The lowest BCUT2D eigenvalue weighted by atomic mass is 9.91. The standard InChI is InChI=1S/C16H25FN2S/c1-2-19(14-9-7-13(18)8-10-14)11-12-20-16-6-4-3-5-15(16)17/h3-6,13-14H,2,7-12,18H2,1H3. The Labute approximate surface area is 125 Å². The van der Waals surface area contributed by atoms with Gasteiger partial charge in [0, 0.05) is 29.3 Å². The van der Waals surface area contributed by atoms with Crippen molar-refractivity contribution < 1.29 is 4.39 Å². The summed E-state index contributed by atoms with van der Waals surface area (Å²) in [6.07, 6.45) is 4.70. The predicted molar refractivity (Wildman–Crippen MR) is 84.6 cm³/mol. The van der Waals surface area contributed by atoms with Gasteiger partial charge in [-0.05, 0) is 44.4 Å². The van der Waals surface area contributed by atoms with E-state index >= 15 is 0 Å². The normalized spacial score (nSPS) is 23.2. The van der Waals surface area contributed by atoms with Gasteiger partial charge in [-0.25, -0.2) is 4.39 Å². The highest BCUT2D eigenvalue weighted by molar-refractivity contribution is 7.99. The number of halogens is 1. The van der Waals surface area contributed by atoms with Crippen LogP contribution in [0.5, 0.6) is 0 Å². The first-order valence-corrected chi connectivity index (χ1v) is 8.56. The van der Waals surface area contributed by atoms with Crippen molar-refractivity contribution >= 4 is 11.8 Å². The molecule has 0 radical (unpaired) electrons. The molecular weight excluding hydrogens is 271 g/mol. The summed E-state index contributed by atoms with van der Waals surface area (Å²) < 4.78 is 13.5.